The largest absolute Gasteiger partial charge is 0.497 e. The molecule has 0 unspecified atom stereocenters. The number of carbonyl (C=O) groups excluding carboxylic acids is 1. The molecule has 7 aromatic heterocycles. The van der Waals surface area contributed by atoms with Crippen molar-refractivity contribution < 1.29 is 51.6 Å². The predicted octanol–water partition coefficient (Wildman–Crippen LogP) is 17.4. The van der Waals surface area contributed by atoms with Gasteiger partial charge in [-0.15, -0.1) is 0 Å². The highest BCUT2D eigenvalue weighted by atomic mass is 19.1. The lowest BCUT2D eigenvalue weighted by Gasteiger charge is -2.35. The number of ether oxygens (including phenoxy) is 5. The first kappa shape index (κ1) is 70.0. The Kier molecular flexibility index (Phi) is 19.2. The molecule has 0 aliphatic carbocycles. The standard InChI is InChI=1S/C31H31FN6O2.C28H26FN3O3.C27H22FN3O3/c1-20(39)36-10-12-37(13-11-36)29-7-2-22(18-33-29)30-26-17-27-23(19-34-35-27)16-28(26)38(25-5-3-24(32)4-6-25)31(30)21-8-14-40-15-9-21;1-33-22-11-18(12-23(14-22)34-2)27-24-15-25-19(16-30-31-25)13-26(24)32(21-5-3-20(29)4-6-21)28(27)17-7-9-35-10-8-17;28-20-5-7-21(8-6-20)31-24-13-19-15-29-30-23(19)14-22(24)25(26(31)17-9-11-34-12-10-17)16-1-3-18(4-2-16)27(32)33/h2-7,16-19,21H,8-15H2,1H3,(H,34,35);3-6,11-17H,7-10H2,1-2H3,(H,30,31);1-8,13-15,17H,9-12H2,(H,29,30)(H,32,33). The zero-order valence-corrected chi connectivity index (χ0v) is 60.4. The van der Waals surface area contributed by atoms with Crippen molar-refractivity contribution in [3.63, 3.8) is 0 Å². The van der Waals surface area contributed by atoms with Crippen LogP contribution in [-0.2, 0) is 19.0 Å². The number of hydrogen-bond donors (Lipinski definition) is 4. The maximum atomic E-state index is 14.0. The number of methoxy groups -OCH3 is 2. The van der Waals surface area contributed by atoms with Crippen molar-refractivity contribution in [2.45, 2.75) is 63.2 Å². The van der Waals surface area contributed by atoms with Gasteiger partial charge in [-0.25, -0.2) is 22.9 Å². The highest BCUT2D eigenvalue weighted by Crippen LogP contribution is 2.49. The molecule has 109 heavy (non-hydrogen) atoms. The van der Waals surface area contributed by atoms with Gasteiger partial charge in [0, 0.05) is 191 Å². The molecule has 19 rings (SSSR count). The number of aromatic amines is 3. The molecule has 1 amide bonds. The number of halogens is 3. The van der Waals surface area contributed by atoms with Crippen molar-refractivity contribution in [2.75, 3.05) is 84.9 Å². The number of piperazine rings is 1. The number of amides is 1. The zero-order valence-electron chi connectivity index (χ0n) is 60.4. The van der Waals surface area contributed by atoms with Crippen molar-refractivity contribution in [1.29, 1.82) is 0 Å². The van der Waals surface area contributed by atoms with E-state index in [1.165, 1.54) is 47.8 Å². The smallest absolute Gasteiger partial charge is 0.335 e. The molecule has 8 aromatic carbocycles. The number of nitrogens with one attached hydrogen (secondary N) is 3. The average Bonchev–Trinajstić information content (AvgIpc) is 1.59. The number of nitrogens with zero attached hydrogens (tertiary/aromatic N) is 9. The highest BCUT2D eigenvalue weighted by molar-refractivity contribution is 6.09. The van der Waals surface area contributed by atoms with Crippen molar-refractivity contribution in [3.05, 3.63) is 229 Å². The molecular formula is C86H79F3N12O8. The molecule has 552 valence electrons. The number of carboxylic acids is 1. The summed E-state index contributed by atoms with van der Waals surface area (Å²) in [6.45, 7) is 8.76. The topological polar surface area (TPSA) is 221 Å². The summed E-state index contributed by atoms with van der Waals surface area (Å²) in [6, 6.07) is 50.1. The molecule has 0 spiro atoms. The molecule has 4 N–H and O–H groups in total. The first-order valence-corrected chi connectivity index (χ1v) is 36.9. The lowest BCUT2D eigenvalue weighted by Crippen LogP contribution is -2.48. The first-order chi connectivity index (χ1) is 53.3. The van der Waals surface area contributed by atoms with Crippen LogP contribution < -0.4 is 14.4 Å². The molecule has 4 aliphatic rings. The van der Waals surface area contributed by atoms with Crippen LogP contribution in [-0.4, -0.2) is 151 Å². The minimum absolute atomic E-state index is 0.118. The molecule has 4 aliphatic heterocycles. The monoisotopic (exact) mass is 1460 g/mol. The van der Waals surface area contributed by atoms with Crippen molar-refractivity contribution in [3.8, 4) is 61.9 Å². The normalized spacial score (nSPS) is 15.4. The van der Waals surface area contributed by atoms with E-state index in [2.05, 4.69) is 97.7 Å². The number of pyridine rings is 1. The third-order valence-corrected chi connectivity index (χ3v) is 21.9. The van der Waals surface area contributed by atoms with Crippen LogP contribution in [0.1, 0.15) is 90.6 Å². The van der Waals surface area contributed by atoms with Gasteiger partial charge in [0.25, 0.3) is 0 Å². The first-order valence-electron chi connectivity index (χ1n) is 36.9. The fourth-order valence-corrected chi connectivity index (χ4v) is 16.5. The van der Waals surface area contributed by atoms with Crippen LogP contribution in [0.15, 0.2) is 189 Å². The minimum Gasteiger partial charge on any atom is -0.497 e. The predicted molar refractivity (Wildman–Crippen MR) is 416 cm³/mol. The summed E-state index contributed by atoms with van der Waals surface area (Å²) in [5.41, 5.74) is 18.7. The SMILES string of the molecule is CC(=O)N1CCN(c2ccc(-c3c(C4CCOCC4)n(-c4ccc(F)cc4)c4cc5cn[nH]c5cc34)cn2)CC1.COc1cc(OC)cc(-c2c(C3CCOCC3)n(-c3ccc(F)cc3)c3cc4cn[nH]c4cc23)c1.O=C(O)c1ccc(-c2c(C3CCOCC3)n(-c3ccc(F)cc3)c3cc4cn[nH]c4cc23)cc1. The Balaban J connectivity index is 0.000000120. The van der Waals surface area contributed by atoms with Crippen LogP contribution in [0.2, 0.25) is 0 Å². The molecule has 0 bridgehead atoms. The summed E-state index contributed by atoms with van der Waals surface area (Å²) in [7, 11) is 3.32. The third kappa shape index (κ3) is 13.6. The zero-order chi connectivity index (χ0) is 74.4. The van der Waals surface area contributed by atoms with E-state index in [0.29, 0.717) is 52.7 Å². The Morgan fingerprint density at radius 3 is 1.16 bits per heavy atom. The Labute approximate surface area is 624 Å². The molecule has 20 nitrogen and oxygen atoms in total. The Bertz CT molecular complexity index is 5820. The van der Waals surface area contributed by atoms with Gasteiger partial charge in [-0.3, -0.25) is 20.1 Å². The van der Waals surface area contributed by atoms with E-state index in [1.54, 1.807) is 51.6 Å². The second-order valence-electron chi connectivity index (χ2n) is 28.2. The summed E-state index contributed by atoms with van der Waals surface area (Å²) in [6.07, 6.45) is 12.8. The number of anilines is 1. The summed E-state index contributed by atoms with van der Waals surface area (Å²) in [5, 5.41) is 37.7. The Hall–Kier alpha value is -12.1. The van der Waals surface area contributed by atoms with Crippen LogP contribution >= 0.6 is 0 Å². The van der Waals surface area contributed by atoms with Crippen LogP contribution in [0, 0.1) is 17.5 Å². The minimum atomic E-state index is -0.955. The maximum absolute atomic E-state index is 14.0. The Morgan fingerprint density at radius 2 is 0.807 bits per heavy atom. The van der Waals surface area contributed by atoms with E-state index >= 15 is 0 Å². The van der Waals surface area contributed by atoms with Gasteiger partial charge < -0.3 is 52.3 Å². The highest BCUT2D eigenvalue weighted by Gasteiger charge is 2.33. The second-order valence-corrected chi connectivity index (χ2v) is 28.2. The van der Waals surface area contributed by atoms with Crippen molar-refractivity contribution in [1.82, 2.24) is 54.2 Å². The molecule has 15 aromatic rings. The lowest BCUT2D eigenvalue weighted by atomic mass is 9.89. The van der Waals surface area contributed by atoms with Gasteiger partial charge in [0.1, 0.15) is 34.8 Å². The lowest BCUT2D eigenvalue weighted by molar-refractivity contribution is -0.129. The molecule has 4 saturated heterocycles. The van der Waals surface area contributed by atoms with Gasteiger partial charge >= 0.3 is 5.97 Å². The van der Waals surface area contributed by atoms with Gasteiger partial charge in [-0.05, 0) is 195 Å². The van der Waals surface area contributed by atoms with E-state index in [9.17, 15) is 27.9 Å². The molecule has 0 atom stereocenters. The number of H-pyrrole nitrogens is 3. The van der Waals surface area contributed by atoms with Crippen molar-refractivity contribution >= 4 is 83.1 Å². The summed E-state index contributed by atoms with van der Waals surface area (Å²) < 4.78 is 76.9. The van der Waals surface area contributed by atoms with Crippen LogP contribution in [0.4, 0.5) is 19.0 Å². The molecule has 11 heterocycles. The molecule has 0 saturated carbocycles. The van der Waals surface area contributed by atoms with E-state index in [4.69, 9.17) is 28.7 Å². The van der Waals surface area contributed by atoms with E-state index in [0.717, 1.165) is 190 Å². The number of rotatable bonds is 13. The molecule has 23 heteroatoms. The van der Waals surface area contributed by atoms with Gasteiger partial charge in [0.05, 0.1) is 71.5 Å². The fourth-order valence-electron chi connectivity index (χ4n) is 16.5. The average molecular weight is 1470 g/mol. The fraction of sp³-hybridized carbons (Fsp3) is 0.256. The van der Waals surface area contributed by atoms with Gasteiger partial charge in [-0.1, -0.05) is 12.1 Å². The molecular weight excluding hydrogens is 1390 g/mol. The summed E-state index contributed by atoms with van der Waals surface area (Å²) in [4.78, 5) is 32.2. The third-order valence-electron chi connectivity index (χ3n) is 21.9. The van der Waals surface area contributed by atoms with E-state index < -0.39 is 5.97 Å². The number of aromatic nitrogens is 10. The van der Waals surface area contributed by atoms with E-state index in [1.807, 2.05) is 78.1 Å². The molecule has 4 fully saturated rings. The summed E-state index contributed by atoms with van der Waals surface area (Å²) >= 11 is 0. The second kappa shape index (κ2) is 29.9. The van der Waals surface area contributed by atoms with Crippen LogP contribution in [0.25, 0.3) is 116 Å². The van der Waals surface area contributed by atoms with Gasteiger partial charge in [0.15, 0.2) is 0 Å². The van der Waals surface area contributed by atoms with E-state index in [-0.39, 0.29) is 46.7 Å². The van der Waals surface area contributed by atoms with Crippen LogP contribution in [0.3, 0.4) is 0 Å². The molecule has 0 radical (unpaired) electrons. The van der Waals surface area contributed by atoms with Crippen molar-refractivity contribution in [2.24, 2.45) is 0 Å². The summed E-state index contributed by atoms with van der Waals surface area (Å²) in [5.74, 6) is 1.51. The quantitative estimate of drug-likeness (QED) is 0.0845. The number of benzene rings is 8. The number of aromatic carboxylic acids is 1. The number of carbonyl (C=O) groups is 2. The maximum Gasteiger partial charge on any atom is 0.335 e. The van der Waals surface area contributed by atoms with Gasteiger partial charge in [0.2, 0.25) is 5.91 Å². The number of hydrogen-bond acceptors (Lipinski definition) is 12. The van der Waals surface area contributed by atoms with Gasteiger partial charge in [-0.2, -0.15) is 15.3 Å². The number of carboxylic acid groups (broad SMARTS) is 1. The van der Waals surface area contributed by atoms with Crippen LogP contribution in [0.5, 0.6) is 11.5 Å². The Morgan fingerprint density at radius 1 is 0.440 bits per heavy atom. The number of fused-ring (bicyclic) bond motifs is 6.